The van der Waals surface area contributed by atoms with Crippen molar-refractivity contribution >= 4 is 83.3 Å². The van der Waals surface area contributed by atoms with E-state index in [1.165, 1.54) is 54.8 Å². The smallest absolute Gasteiger partial charge is 0.348 e. The zero-order valence-electron chi connectivity index (χ0n) is 26.3. The van der Waals surface area contributed by atoms with Crippen LogP contribution in [0.15, 0.2) is 63.3 Å². The van der Waals surface area contributed by atoms with Crippen LogP contribution in [0.2, 0.25) is 0 Å². The molecular formula is C35H40BrN3O4S3. The van der Waals surface area contributed by atoms with Crippen molar-refractivity contribution in [3.63, 3.8) is 0 Å². The van der Waals surface area contributed by atoms with Crippen LogP contribution in [0.3, 0.4) is 0 Å². The monoisotopic (exact) mass is 741 g/mol. The van der Waals surface area contributed by atoms with Crippen LogP contribution in [0.1, 0.15) is 70.4 Å². The molecule has 46 heavy (non-hydrogen) atoms. The van der Waals surface area contributed by atoms with Gasteiger partial charge in [-0.3, -0.25) is 4.79 Å². The summed E-state index contributed by atoms with van der Waals surface area (Å²) < 4.78 is 23.8. The molecule has 2 aromatic carbocycles. The second-order valence-electron chi connectivity index (χ2n) is 11.9. The maximum Gasteiger partial charge on any atom is 0.348 e. The normalized spacial score (nSPS) is 16.5. The van der Waals surface area contributed by atoms with Gasteiger partial charge in [-0.2, -0.15) is 4.31 Å². The number of esters is 1. The molecule has 4 aromatic rings. The van der Waals surface area contributed by atoms with Gasteiger partial charge in [0.1, 0.15) is 26.8 Å². The van der Waals surface area contributed by atoms with Gasteiger partial charge >= 0.3 is 5.97 Å². The molecule has 0 N–H and O–H groups in total. The molecule has 3 heterocycles. The van der Waals surface area contributed by atoms with Gasteiger partial charge in [0.05, 0.1) is 18.8 Å². The third-order valence-electron chi connectivity index (χ3n) is 9.10. The average molecular weight is 743 g/mol. The lowest BCUT2D eigenvalue weighted by molar-refractivity contribution is 0.0531. The van der Waals surface area contributed by atoms with Crippen molar-refractivity contribution in [2.45, 2.75) is 57.3 Å². The average Bonchev–Trinajstić information content (AvgIpc) is 3.67. The third-order valence-corrected chi connectivity index (χ3v) is 13.6. The second kappa shape index (κ2) is 15.1. The highest BCUT2D eigenvalue weighted by Crippen LogP contribution is 2.38. The third kappa shape index (κ3) is 7.13. The number of anilines is 2. The Hall–Kier alpha value is -2.57. The van der Waals surface area contributed by atoms with Gasteiger partial charge in [0, 0.05) is 46.8 Å². The van der Waals surface area contributed by atoms with Crippen molar-refractivity contribution in [1.29, 1.82) is 0 Å². The Kier molecular flexibility index (Phi) is 10.9. The standard InChI is InChI=1S/C35H40BrN3O4S3/c1-3-43-35(41)32-24(2)27-23-26(13-14-31(27)45-32)46(42)39(17-15-25-9-5-4-6-10-25)30-12-8-7-11-29(30)37-18-20-38(21-19-37)34(40)33-28(36)16-22-44-33/h7-8,11-14,16,22-23,25H,3-6,9-10,15,17-21H2,1-2H3. The number of rotatable bonds is 10. The van der Waals surface area contributed by atoms with Crippen molar-refractivity contribution in [3.05, 3.63) is 73.7 Å². The fourth-order valence-electron chi connectivity index (χ4n) is 6.58. The number of hydrogen-bond acceptors (Lipinski definition) is 8. The molecule has 1 saturated heterocycles. The molecule has 11 heteroatoms. The highest BCUT2D eigenvalue weighted by atomic mass is 79.9. The molecule has 1 aliphatic heterocycles. The first-order valence-corrected chi connectivity index (χ1v) is 19.7. The van der Waals surface area contributed by atoms with E-state index in [0.717, 1.165) is 47.7 Å². The highest BCUT2D eigenvalue weighted by Gasteiger charge is 2.31. The first-order valence-electron chi connectivity index (χ1n) is 16.1. The number of fused-ring (bicyclic) bond motifs is 1. The molecule has 6 rings (SSSR count). The van der Waals surface area contributed by atoms with E-state index in [2.05, 4.69) is 37.3 Å². The molecule has 2 aromatic heterocycles. The number of carbonyl (C=O) groups excluding carboxylic acids is 2. The summed E-state index contributed by atoms with van der Waals surface area (Å²) >= 11 is 4.93. The fourth-order valence-corrected chi connectivity index (χ4v) is 10.4. The summed E-state index contributed by atoms with van der Waals surface area (Å²) in [5.41, 5.74) is 2.86. The zero-order valence-corrected chi connectivity index (χ0v) is 30.4. The molecule has 1 amide bonds. The van der Waals surface area contributed by atoms with Gasteiger partial charge in [-0.25, -0.2) is 4.79 Å². The van der Waals surface area contributed by atoms with Crippen LogP contribution >= 0.6 is 38.6 Å². The molecule has 0 spiro atoms. The number of carbonyl (C=O) groups is 2. The minimum Gasteiger partial charge on any atom is -0.588 e. The van der Waals surface area contributed by atoms with Crippen molar-refractivity contribution in [1.82, 2.24) is 4.90 Å². The Balaban J connectivity index is 1.28. The first kappa shape index (κ1) is 33.3. The van der Waals surface area contributed by atoms with E-state index >= 15 is 0 Å². The van der Waals surface area contributed by atoms with Crippen LogP contribution in [0, 0.1) is 12.8 Å². The molecule has 1 unspecified atom stereocenters. The lowest BCUT2D eigenvalue weighted by Crippen LogP contribution is -2.49. The maximum atomic E-state index is 14.6. The number of ether oxygens (including phenoxy) is 1. The van der Waals surface area contributed by atoms with Gasteiger partial charge in [-0.1, -0.05) is 44.2 Å². The van der Waals surface area contributed by atoms with Gasteiger partial charge in [0.25, 0.3) is 5.91 Å². The Morgan fingerprint density at radius 1 is 1.04 bits per heavy atom. The molecule has 0 bridgehead atoms. The fraction of sp³-hybridized carbons (Fsp3) is 0.429. The topological polar surface area (TPSA) is 76.2 Å². The van der Waals surface area contributed by atoms with Gasteiger partial charge in [0.2, 0.25) is 0 Å². The molecule has 1 atom stereocenters. The van der Waals surface area contributed by atoms with Crippen molar-refractivity contribution in [3.8, 4) is 0 Å². The van der Waals surface area contributed by atoms with Crippen LogP contribution < -0.4 is 9.21 Å². The van der Waals surface area contributed by atoms with Gasteiger partial charge in [0.15, 0.2) is 4.90 Å². The van der Waals surface area contributed by atoms with Crippen LogP contribution in [0.4, 0.5) is 11.4 Å². The first-order chi connectivity index (χ1) is 22.4. The molecule has 2 aliphatic rings. The number of para-hydroxylation sites is 2. The van der Waals surface area contributed by atoms with E-state index in [0.29, 0.717) is 50.1 Å². The highest BCUT2D eigenvalue weighted by molar-refractivity contribution is 9.10. The van der Waals surface area contributed by atoms with E-state index < -0.39 is 11.4 Å². The van der Waals surface area contributed by atoms with Crippen molar-refractivity contribution in [2.75, 3.05) is 48.5 Å². The van der Waals surface area contributed by atoms with Crippen LogP contribution in [-0.2, 0) is 16.1 Å². The quantitative estimate of drug-likeness (QED) is 0.120. The summed E-state index contributed by atoms with van der Waals surface area (Å²) in [6.07, 6.45) is 7.30. The Morgan fingerprint density at radius 2 is 1.80 bits per heavy atom. The van der Waals surface area contributed by atoms with Gasteiger partial charge in [-0.15, -0.1) is 22.7 Å². The number of nitrogens with zero attached hydrogens (tertiary/aromatic N) is 3. The predicted octanol–water partition coefficient (Wildman–Crippen LogP) is 8.67. The molecule has 1 saturated carbocycles. The largest absolute Gasteiger partial charge is 0.588 e. The molecule has 7 nitrogen and oxygen atoms in total. The summed E-state index contributed by atoms with van der Waals surface area (Å²) in [5, 5.41) is 2.88. The minimum atomic E-state index is -1.47. The maximum absolute atomic E-state index is 14.6. The van der Waals surface area contributed by atoms with E-state index in [4.69, 9.17) is 4.74 Å². The zero-order chi connectivity index (χ0) is 32.2. The SMILES string of the molecule is CCOC(=O)c1sc2ccc([S+]([O-])N(CCC3CCCCC3)c3ccccc3N3CCN(C(=O)c4sccc4Br)CC3)cc2c1C. The molecule has 1 aliphatic carbocycles. The lowest BCUT2D eigenvalue weighted by atomic mass is 9.87. The number of aryl methyl sites for hydroxylation is 1. The van der Waals surface area contributed by atoms with Crippen molar-refractivity contribution < 1.29 is 18.9 Å². The summed E-state index contributed by atoms with van der Waals surface area (Å²) in [7, 11) is 0. The number of thiophene rings is 2. The molecule has 244 valence electrons. The van der Waals surface area contributed by atoms with Crippen LogP contribution in [0.25, 0.3) is 10.1 Å². The molecular weight excluding hydrogens is 703 g/mol. The summed E-state index contributed by atoms with van der Waals surface area (Å²) in [6, 6.07) is 16.1. The number of amides is 1. The van der Waals surface area contributed by atoms with E-state index in [1.807, 2.05) is 60.5 Å². The van der Waals surface area contributed by atoms with E-state index in [9.17, 15) is 14.1 Å². The molecule has 2 fully saturated rings. The Bertz CT molecular complexity index is 1680. The predicted molar refractivity (Wildman–Crippen MR) is 194 cm³/mol. The van der Waals surface area contributed by atoms with Gasteiger partial charge in [-0.05, 0) is 83.4 Å². The second-order valence-corrected chi connectivity index (χ2v) is 16.2. The number of hydrogen-bond donors (Lipinski definition) is 0. The van der Waals surface area contributed by atoms with Crippen LogP contribution in [-0.4, -0.2) is 60.7 Å². The number of halogens is 1. The summed E-state index contributed by atoms with van der Waals surface area (Å²) in [6.45, 7) is 7.42. The Labute approximate surface area is 291 Å². The minimum absolute atomic E-state index is 0.0650. The number of benzene rings is 2. The summed E-state index contributed by atoms with van der Waals surface area (Å²) in [5.74, 6) is 0.396. The summed E-state index contributed by atoms with van der Waals surface area (Å²) in [4.78, 5) is 32.1. The van der Waals surface area contributed by atoms with E-state index in [-0.39, 0.29) is 11.9 Å². The van der Waals surface area contributed by atoms with E-state index in [1.54, 1.807) is 0 Å². The molecule has 0 radical (unpaired) electrons. The Morgan fingerprint density at radius 3 is 2.52 bits per heavy atom. The van der Waals surface area contributed by atoms with Crippen LogP contribution in [0.5, 0.6) is 0 Å². The lowest BCUT2D eigenvalue weighted by Gasteiger charge is -2.38. The van der Waals surface area contributed by atoms with Gasteiger partial charge < -0.3 is 19.1 Å². The number of piperazine rings is 1. The van der Waals surface area contributed by atoms with Crippen molar-refractivity contribution in [2.24, 2.45) is 5.92 Å².